The van der Waals surface area contributed by atoms with Crippen molar-refractivity contribution in [3.8, 4) is 5.75 Å². The van der Waals surface area contributed by atoms with Gasteiger partial charge in [0.2, 0.25) is 0 Å². The zero-order valence-corrected chi connectivity index (χ0v) is 10.00. The third kappa shape index (κ3) is 3.21. The predicted octanol–water partition coefficient (Wildman–Crippen LogP) is -0.701. The minimum Gasteiger partial charge on any atom is -0.491 e. The first-order valence-electron chi connectivity index (χ1n) is 5.73. The van der Waals surface area contributed by atoms with Crippen LogP contribution in [-0.4, -0.2) is 41.5 Å². The van der Waals surface area contributed by atoms with Gasteiger partial charge in [0.05, 0.1) is 6.61 Å². The van der Waals surface area contributed by atoms with E-state index < -0.39 is 24.1 Å². The van der Waals surface area contributed by atoms with Crippen molar-refractivity contribution in [2.24, 2.45) is 0 Å². The molecule has 7 heteroatoms. The van der Waals surface area contributed by atoms with Gasteiger partial charge in [0.15, 0.2) is 0 Å². The van der Waals surface area contributed by atoms with Crippen molar-refractivity contribution in [2.75, 3.05) is 13.2 Å². The van der Waals surface area contributed by atoms with Gasteiger partial charge in [-0.25, -0.2) is 4.79 Å². The maximum absolute atomic E-state index is 11.4. The molecule has 2 rings (SSSR count). The van der Waals surface area contributed by atoms with Gasteiger partial charge in [0.25, 0.3) is 5.91 Å². The highest BCUT2D eigenvalue weighted by Crippen LogP contribution is 2.20. The standard InChI is InChI=1S/C12H14N2O5/c15-5-8(16)6-19-9-3-1-7(2-4-9)10-11(17)14-12(18)13-10/h1-4,8,10,15-16H,5-6H2,(H2,13,14,17,18)/t8-,10+/m1/s1. The molecule has 1 aromatic rings. The molecular weight excluding hydrogens is 252 g/mol. The van der Waals surface area contributed by atoms with Crippen LogP contribution in [0.5, 0.6) is 5.75 Å². The third-order valence-corrected chi connectivity index (χ3v) is 2.64. The fraction of sp³-hybridized carbons (Fsp3) is 0.333. The number of carbonyl (C=O) groups excluding carboxylic acids is 2. The molecule has 1 heterocycles. The molecule has 1 saturated heterocycles. The van der Waals surface area contributed by atoms with Gasteiger partial charge >= 0.3 is 6.03 Å². The van der Waals surface area contributed by atoms with E-state index in [1.54, 1.807) is 24.3 Å². The van der Waals surface area contributed by atoms with Gasteiger partial charge in [0.1, 0.15) is 24.5 Å². The zero-order valence-electron chi connectivity index (χ0n) is 10.00. The SMILES string of the molecule is O=C1NC(=O)[C@H](c2ccc(OC[C@H](O)CO)cc2)N1. The van der Waals surface area contributed by atoms with E-state index >= 15 is 0 Å². The van der Waals surface area contributed by atoms with Gasteiger partial charge in [-0.2, -0.15) is 0 Å². The van der Waals surface area contributed by atoms with Gasteiger partial charge in [-0.05, 0) is 17.7 Å². The largest absolute Gasteiger partial charge is 0.491 e. The molecule has 4 N–H and O–H groups in total. The molecule has 19 heavy (non-hydrogen) atoms. The second kappa shape index (κ2) is 5.68. The van der Waals surface area contributed by atoms with Crippen molar-refractivity contribution < 1.29 is 24.5 Å². The molecule has 1 aromatic carbocycles. The number of rotatable bonds is 5. The fourth-order valence-electron chi connectivity index (χ4n) is 1.65. The number of benzene rings is 1. The van der Waals surface area contributed by atoms with Gasteiger partial charge in [0, 0.05) is 0 Å². The molecule has 0 bridgehead atoms. The Bertz CT molecular complexity index is 474. The molecule has 7 nitrogen and oxygen atoms in total. The predicted molar refractivity (Wildman–Crippen MR) is 64.4 cm³/mol. The molecule has 1 aliphatic heterocycles. The molecule has 1 fully saturated rings. The number of hydrogen-bond donors (Lipinski definition) is 4. The van der Waals surface area contributed by atoms with Gasteiger partial charge in [-0.1, -0.05) is 12.1 Å². The van der Waals surface area contributed by atoms with Crippen molar-refractivity contribution in [3.05, 3.63) is 29.8 Å². The van der Waals surface area contributed by atoms with E-state index in [0.717, 1.165) is 0 Å². The second-order valence-electron chi connectivity index (χ2n) is 4.11. The number of nitrogens with one attached hydrogen (secondary N) is 2. The van der Waals surface area contributed by atoms with Crippen LogP contribution in [-0.2, 0) is 4.79 Å². The van der Waals surface area contributed by atoms with Crippen molar-refractivity contribution >= 4 is 11.9 Å². The summed E-state index contributed by atoms with van der Waals surface area (Å²) >= 11 is 0. The van der Waals surface area contributed by atoms with Crippen molar-refractivity contribution in [3.63, 3.8) is 0 Å². The van der Waals surface area contributed by atoms with Gasteiger partial charge < -0.3 is 20.3 Å². The smallest absolute Gasteiger partial charge is 0.322 e. The van der Waals surface area contributed by atoms with Crippen LogP contribution in [0.4, 0.5) is 4.79 Å². The molecule has 0 radical (unpaired) electrons. The number of aliphatic hydroxyl groups is 2. The van der Waals surface area contributed by atoms with E-state index in [9.17, 15) is 9.59 Å². The Balaban J connectivity index is 1.98. The van der Waals surface area contributed by atoms with Crippen LogP contribution in [0.15, 0.2) is 24.3 Å². The van der Waals surface area contributed by atoms with Crippen LogP contribution in [0.1, 0.15) is 11.6 Å². The summed E-state index contributed by atoms with van der Waals surface area (Å²) in [6.07, 6.45) is -0.931. The zero-order chi connectivity index (χ0) is 13.8. The molecule has 3 amide bonds. The fourth-order valence-corrected chi connectivity index (χ4v) is 1.65. The summed E-state index contributed by atoms with van der Waals surface area (Å²) in [6, 6.07) is 5.34. The Kier molecular flexibility index (Phi) is 3.98. The van der Waals surface area contributed by atoms with Crippen LogP contribution < -0.4 is 15.4 Å². The summed E-state index contributed by atoms with van der Waals surface area (Å²) in [4.78, 5) is 22.4. The highest BCUT2D eigenvalue weighted by Gasteiger charge is 2.30. The Labute approximate surface area is 109 Å². The average Bonchev–Trinajstić information content (AvgIpc) is 2.75. The summed E-state index contributed by atoms with van der Waals surface area (Å²) in [5.41, 5.74) is 0.637. The van der Waals surface area contributed by atoms with E-state index in [1.165, 1.54) is 0 Å². The van der Waals surface area contributed by atoms with E-state index in [-0.39, 0.29) is 13.2 Å². The molecule has 0 aliphatic carbocycles. The summed E-state index contributed by atoms with van der Waals surface area (Å²) in [5, 5.41) is 22.4. The van der Waals surface area contributed by atoms with E-state index in [4.69, 9.17) is 14.9 Å². The maximum atomic E-state index is 11.4. The minimum atomic E-state index is -0.931. The lowest BCUT2D eigenvalue weighted by atomic mass is 10.1. The summed E-state index contributed by atoms with van der Waals surface area (Å²) in [5.74, 6) is 0.107. The lowest BCUT2D eigenvalue weighted by Crippen LogP contribution is -2.22. The highest BCUT2D eigenvalue weighted by molar-refractivity contribution is 6.04. The first-order valence-corrected chi connectivity index (χ1v) is 5.73. The van der Waals surface area contributed by atoms with Gasteiger partial charge in [-0.3, -0.25) is 10.1 Å². The quantitative estimate of drug-likeness (QED) is 0.527. The highest BCUT2D eigenvalue weighted by atomic mass is 16.5. The normalized spacial score (nSPS) is 19.8. The number of amides is 3. The molecule has 0 spiro atoms. The average molecular weight is 266 g/mol. The number of carbonyl (C=O) groups is 2. The number of hydrogen-bond acceptors (Lipinski definition) is 5. The van der Waals surface area contributed by atoms with Crippen LogP contribution in [0.25, 0.3) is 0 Å². The molecule has 1 aliphatic rings. The monoisotopic (exact) mass is 266 g/mol. The van der Waals surface area contributed by atoms with Crippen LogP contribution >= 0.6 is 0 Å². The van der Waals surface area contributed by atoms with Crippen molar-refractivity contribution in [2.45, 2.75) is 12.1 Å². The Hall–Kier alpha value is -2.12. The summed E-state index contributed by atoms with van der Waals surface area (Å²) in [6.45, 7) is -0.386. The third-order valence-electron chi connectivity index (χ3n) is 2.64. The summed E-state index contributed by atoms with van der Waals surface area (Å²) < 4.78 is 5.23. The molecular formula is C12H14N2O5. The number of urea groups is 1. The number of imide groups is 1. The Morgan fingerprint density at radius 1 is 1.26 bits per heavy atom. The lowest BCUT2D eigenvalue weighted by molar-refractivity contribution is -0.120. The van der Waals surface area contributed by atoms with Crippen LogP contribution in [0.3, 0.4) is 0 Å². The van der Waals surface area contributed by atoms with E-state index in [1.807, 2.05) is 0 Å². The second-order valence-corrected chi connectivity index (χ2v) is 4.11. The Morgan fingerprint density at radius 3 is 2.47 bits per heavy atom. The summed E-state index contributed by atoms with van der Waals surface area (Å²) in [7, 11) is 0. The van der Waals surface area contributed by atoms with Crippen molar-refractivity contribution in [1.82, 2.24) is 10.6 Å². The topological polar surface area (TPSA) is 108 Å². The van der Waals surface area contributed by atoms with Crippen molar-refractivity contribution in [1.29, 1.82) is 0 Å². The number of aliphatic hydroxyl groups excluding tert-OH is 2. The first-order chi connectivity index (χ1) is 9.10. The lowest BCUT2D eigenvalue weighted by Gasteiger charge is -2.11. The molecule has 0 saturated carbocycles. The number of ether oxygens (including phenoxy) is 1. The minimum absolute atomic E-state index is 0.0174. The molecule has 2 atom stereocenters. The Morgan fingerprint density at radius 2 is 1.95 bits per heavy atom. The van der Waals surface area contributed by atoms with E-state index in [2.05, 4.69) is 10.6 Å². The van der Waals surface area contributed by atoms with Gasteiger partial charge in [-0.15, -0.1) is 0 Å². The van der Waals surface area contributed by atoms with Crippen LogP contribution in [0.2, 0.25) is 0 Å². The molecule has 0 unspecified atom stereocenters. The maximum Gasteiger partial charge on any atom is 0.322 e. The molecule has 0 aromatic heterocycles. The van der Waals surface area contributed by atoms with Crippen LogP contribution in [0, 0.1) is 0 Å². The first kappa shape index (κ1) is 13.3. The molecule has 102 valence electrons. The van der Waals surface area contributed by atoms with E-state index in [0.29, 0.717) is 11.3 Å².